The number of benzene rings is 1. The summed E-state index contributed by atoms with van der Waals surface area (Å²) in [4.78, 5) is 18.9. The van der Waals surface area contributed by atoms with E-state index >= 15 is 0 Å². The van der Waals surface area contributed by atoms with E-state index in [1.54, 1.807) is 12.3 Å². The van der Waals surface area contributed by atoms with Crippen molar-refractivity contribution in [1.29, 1.82) is 0 Å². The van der Waals surface area contributed by atoms with Gasteiger partial charge < -0.3 is 10.2 Å². The summed E-state index contributed by atoms with van der Waals surface area (Å²) < 4.78 is 0. The molecule has 0 aliphatic carbocycles. The highest BCUT2D eigenvalue weighted by molar-refractivity contribution is 6.30. The quantitative estimate of drug-likeness (QED) is 0.724. The van der Waals surface area contributed by atoms with Gasteiger partial charge in [-0.05, 0) is 49.2 Å². The molecule has 0 spiro atoms. The van der Waals surface area contributed by atoms with E-state index in [2.05, 4.69) is 25.4 Å². The molecule has 1 saturated heterocycles. The Morgan fingerprint density at radius 3 is 2.64 bits per heavy atom. The normalized spacial score (nSPS) is 16.6. The Labute approximate surface area is 168 Å². The minimum absolute atomic E-state index is 0.00542. The van der Waals surface area contributed by atoms with Crippen LogP contribution < -0.4 is 10.2 Å². The number of carbonyl (C=O) groups is 1. The lowest BCUT2D eigenvalue weighted by atomic mass is 9.97. The van der Waals surface area contributed by atoms with Crippen LogP contribution in [0.15, 0.2) is 60.8 Å². The Balaban J connectivity index is 1.42. The molecule has 2 aromatic heterocycles. The van der Waals surface area contributed by atoms with E-state index in [4.69, 9.17) is 11.6 Å². The van der Waals surface area contributed by atoms with E-state index < -0.39 is 0 Å². The Morgan fingerprint density at radius 1 is 1.07 bits per heavy atom. The van der Waals surface area contributed by atoms with Gasteiger partial charge in [-0.3, -0.25) is 4.79 Å². The third-order valence-electron chi connectivity index (χ3n) is 4.82. The molecule has 7 heteroatoms. The number of hydrogen-bond donors (Lipinski definition) is 1. The molecule has 1 aliphatic heterocycles. The van der Waals surface area contributed by atoms with Gasteiger partial charge in [-0.15, -0.1) is 10.2 Å². The van der Waals surface area contributed by atoms with Crippen molar-refractivity contribution in [3.8, 4) is 11.3 Å². The summed E-state index contributed by atoms with van der Waals surface area (Å²) in [6.45, 7) is 1.48. The predicted molar refractivity (Wildman–Crippen MR) is 110 cm³/mol. The Kier molecular flexibility index (Phi) is 5.48. The number of pyridine rings is 1. The van der Waals surface area contributed by atoms with Gasteiger partial charge in [0, 0.05) is 29.9 Å². The van der Waals surface area contributed by atoms with Crippen LogP contribution in [0.3, 0.4) is 0 Å². The van der Waals surface area contributed by atoms with Gasteiger partial charge in [-0.25, -0.2) is 4.98 Å². The van der Waals surface area contributed by atoms with Gasteiger partial charge >= 0.3 is 0 Å². The second-order valence-corrected chi connectivity index (χ2v) is 7.21. The summed E-state index contributed by atoms with van der Waals surface area (Å²) in [5.41, 5.74) is 1.76. The lowest BCUT2D eigenvalue weighted by molar-refractivity contribution is -0.120. The zero-order chi connectivity index (χ0) is 19.3. The number of nitrogens with zero attached hydrogens (tertiary/aromatic N) is 4. The first-order valence-electron chi connectivity index (χ1n) is 9.25. The summed E-state index contributed by atoms with van der Waals surface area (Å²) in [5, 5.41) is 12.3. The maximum atomic E-state index is 12.6. The SMILES string of the molecule is O=C(Nc1ccccn1)C1CCCN(c2ccc(-c3ccc(Cl)cc3)nn2)C1. The van der Waals surface area contributed by atoms with Crippen LogP contribution in [0.2, 0.25) is 5.02 Å². The molecule has 0 saturated carbocycles. The molecule has 6 nitrogen and oxygen atoms in total. The van der Waals surface area contributed by atoms with Crippen molar-refractivity contribution in [2.24, 2.45) is 5.92 Å². The van der Waals surface area contributed by atoms with E-state index in [0.29, 0.717) is 17.4 Å². The summed E-state index contributed by atoms with van der Waals surface area (Å²) in [5.74, 6) is 1.26. The van der Waals surface area contributed by atoms with Crippen LogP contribution in [0.25, 0.3) is 11.3 Å². The average molecular weight is 394 g/mol. The number of carbonyl (C=O) groups excluding carboxylic acids is 1. The zero-order valence-corrected chi connectivity index (χ0v) is 16.0. The first-order valence-corrected chi connectivity index (χ1v) is 9.63. The van der Waals surface area contributed by atoms with Crippen LogP contribution >= 0.6 is 11.6 Å². The highest BCUT2D eigenvalue weighted by Gasteiger charge is 2.27. The second kappa shape index (κ2) is 8.35. The summed E-state index contributed by atoms with van der Waals surface area (Å²) in [6, 6.07) is 16.9. The van der Waals surface area contributed by atoms with Crippen molar-refractivity contribution < 1.29 is 4.79 Å². The molecule has 1 N–H and O–H groups in total. The molecule has 3 heterocycles. The van der Waals surface area contributed by atoms with Gasteiger partial charge in [-0.2, -0.15) is 0 Å². The van der Waals surface area contributed by atoms with Crippen LogP contribution in [-0.4, -0.2) is 34.2 Å². The lowest BCUT2D eigenvalue weighted by Crippen LogP contribution is -2.41. The Hall–Kier alpha value is -2.99. The molecular formula is C21H20ClN5O. The molecule has 1 aromatic carbocycles. The Bertz CT molecular complexity index is 931. The second-order valence-electron chi connectivity index (χ2n) is 6.77. The topological polar surface area (TPSA) is 71.0 Å². The number of hydrogen-bond acceptors (Lipinski definition) is 5. The predicted octanol–water partition coefficient (Wildman–Crippen LogP) is 4.05. The minimum atomic E-state index is -0.103. The number of nitrogens with one attached hydrogen (secondary N) is 1. The molecule has 1 amide bonds. The monoisotopic (exact) mass is 393 g/mol. The molecule has 1 unspecified atom stereocenters. The van der Waals surface area contributed by atoms with Crippen LogP contribution in [-0.2, 0) is 4.79 Å². The molecule has 1 fully saturated rings. The molecule has 1 atom stereocenters. The largest absolute Gasteiger partial charge is 0.354 e. The number of piperidine rings is 1. The van der Waals surface area contributed by atoms with Gasteiger partial charge in [0.1, 0.15) is 5.82 Å². The molecule has 4 rings (SSSR count). The maximum absolute atomic E-state index is 12.6. The van der Waals surface area contributed by atoms with Crippen molar-refractivity contribution in [2.45, 2.75) is 12.8 Å². The van der Waals surface area contributed by atoms with Gasteiger partial charge in [0.25, 0.3) is 0 Å². The molecule has 0 bridgehead atoms. The van der Waals surface area contributed by atoms with Crippen LogP contribution in [0.4, 0.5) is 11.6 Å². The fourth-order valence-corrected chi connectivity index (χ4v) is 3.46. The number of halogens is 1. The van der Waals surface area contributed by atoms with Crippen molar-refractivity contribution in [3.05, 3.63) is 65.8 Å². The van der Waals surface area contributed by atoms with E-state index in [9.17, 15) is 4.79 Å². The smallest absolute Gasteiger partial charge is 0.230 e. The summed E-state index contributed by atoms with van der Waals surface area (Å²) >= 11 is 5.94. The lowest BCUT2D eigenvalue weighted by Gasteiger charge is -2.32. The molecule has 0 radical (unpaired) electrons. The summed E-state index contributed by atoms with van der Waals surface area (Å²) in [7, 11) is 0. The fourth-order valence-electron chi connectivity index (χ4n) is 3.33. The highest BCUT2D eigenvalue weighted by Crippen LogP contribution is 2.24. The van der Waals surface area contributed by atoms with E-state index in [1.807, 2.05) is 48.5 Å². The number of aromatic nitrogens is 3. The Morgan fingerprint density at radius 2 is 1.93 bits per heavy atom. The molecule has 142 valence electrons. The first kappa shape index (κ1) is 18.4. The molecule has 28 heavy (non-hydrogen) atoms. The van der Waals surface area contributed by atoms with Crippen molar-refractivity contribution in [2.75, 3.05) is 23.3 Å². The van der Waals surface area contributed by atoms with Gasteiger partial charge in [0.2, 0.25) is 5.91 Å². The third-order valence-corrected chi connectivity index (χ3v) is 5.07. The van der Waals surface area contributed by atoms with E-state index in [-0.39, 0.29) is 11.8 Å². The van der Waals surface area contributed by atoms with Crippen molar-refractivity contribution >= 4 is 29.1 Å². The van der Waals surface area contributed by atoms with Crippen LogP contribution in [0, 0.1) is 5.92 Å². The van der Waals surface area contributed by atoms with E-state index in [1.165, 1.54) is 0 Å². The third kappa shape index (κ3) is 4.28. The van der Waals surface area contributed by atoms with Gasteiger partial charge in [-0.1, -0.05) is 29.8 Å². The fraction of sp³-hybridized carbons (Fsp3) is 0.238. The van der Waals surface area contributed by atoms with E-state index in [0.717, 1.165) is 36.5 Å². The minimum Gasteiger partial charge on any atom is -0.354 e. The first-order chi connectivity index (χ1) is 13.7. The highest BCUT2D eigenvalue weighted by atomic mass is 35.5. The van der Waals surface area contributed by atoms with Gasteiger partial charge in [0.15, 0.2) is 5.82 Å². The molecule has 3 aromatic rings. The summed E-state index contributed by atoms with van der Waals surface area (Å²) in [6.07, 6.45) is 3.45. The van der Waals surface area contributed by atoms with Crippen molar-refractivity contribution in [1.82, 2.24) is 15.2 Å². The maximum Gasteiger partial charge on any atom is 0.230 e. The zero-order valence-electron chi connectivity index (χ0n) is 15.3. The molecule has 1 aliphatic rings. The van der Waals surface area contributed by atoms with Crippen molar-refractivity contribution in [3.63, 3.8) is 0 Å². The standard InChI is InChI=1S/C21H20ClN5O/c22-17-8-6-15(7-9-17)18-10-11-20(26-25-18)27-13-3-4-16(14-27)21(28)24-19-5-1-2-12-23-19/h1-2,5-12,16H,3-4,13-14H2,(H,23,24,28). The van der Waals surface area contributed by atoms with Crippen LogP contribution in [0.1, 0.15) is 12.8 Å². The average Bonchev–Trinajstić information content (AvgIpc) is 2.75. The van der Waals surface area contributed by atoms with Gasteiger partial charge in [0.05, 0.1) is 11.6 Å². The number of anilines is 2. The number of rotatable bonds is 4. The van der Waals surface area contributed by atoms with Crippen LogP contribution in [0.5, 0.6) is 0 Å². The number of amides is 1. The molecular weight excluding hydrogens is 374 g/mol.